The molecule has 1 aromatic rings. The second-order valence-electron chi connectivity index (χ2n) is 2.38. The fourth-order valence-electron chi connectivity index (χ4n) is 0.829. The fraction of sp³-hybridized carbons (Fsp3) is 0.375. The van der Waals surface area contributed by atoms with E-state index in [-0.39, 0.29) is 5.92 Å². The molecule has 0 saturated heterocycles. The van der Waals surface area contributed by atoms with E-state index in [1.165, 1.54) is 0 Å². The van der Waals surface area contributed by atoms with Crippen molar-refractivity contribution in [1.82, 2.24) is 0 Å². The molecule has 0 bridgehead atoms. The number of alkyl halides is 1. The minimum Gasteiger partial charge on any atom is -0.198 e. The average Bonchev–Trinajstić information content (AvgIpc) is 2.47. The summed E-state index contributed by atoms with van der Waals surface area (Å²) < 4.78 is 0. The van der Waals surface area contributed by atoms with Gasteiger partial charge >= 0.3 is 0 Å². The summed E-state index contributed by atoms with van der Waals surface area (Å²) in [7, 11) is 0. The van der Waals surface area contributed by atoms with Crippen molar-refractivity contribution in [2.75, 3.05) is 5.88 Å². The van der Waals surface area contributed by atoms with E-state index in [2.05, 4.69) is 6.07 Å². The van der Waals surface area contributed by atoms with Crippen LogP contribution in [0.2, 0.25) is 5.02 Å². The van der Waals surface area contributed by atoms with Crippen LogP contribution in [0.1, 0.15) is 4.88 Å². The maximum atomic E-state index is 8.64. The highest BCUT2D eigenvalue weighted by atomic mass is 35.5. The van der Waals surface area contributed by atoms with Gasteiger partial charge in [-0.15, -0.1) is 22.9 Å². The lowest BCUT2D eigenvalue weighted by Crippen LogP contribution is -2.01. The fourth-order valence-corrected chi connectivity index (χ4v) is 2.20. The first-order chi connectivity index (χ1) is 5.77. The summed E-state index contributed by atoms with van der Waals surface area (Å²) in [5, 5.41) is 11.3. The minimum atomic E-state index is -0.122. The molecule has 1 unspecified atom stereocenters. The number of hydrogen-bond donors (Lipinski definition) is 0. The normalized spacial score (nSPS) is 12.4. The van der Waals surface area contributed by atoms with Crippen LogP contribution in [0.4, 0.5) is 0 Å². The van der Waals surface area contributed by atoms with Crippen LogP contribution in [0.25, 0.3) is 0 Å². The Hall–Kier alpha value is -0.230. The molecular formula is C8H7Cl2NS. The third-order valence-corrected chi connectivity index (χ3v) is 3.27. The predicted molar refractivity (Wildman–Crippen MR) is 52.9 cm³/mol. The molecule has 64 valence electrons. The van der Waals surface area contributed by atoms with Gasteiger partial charge in [0, 0.05) is 17.2 Å². The number of halogens is 2. The van der Waals surface area contributed by atoms with Crippen LogP contribution in [0.15, 0.2) is 11.4 Å². The highest BCUT2D eigenvalue weighted by Gasteiger charge is 2.10. The van der Waals surface area contributed by atoms with Crippen molar-refractivity contribution in [3.63, 3.8) is 0 Å². The van der Waals surface area contributed by atoms with Crippen molar-refractivity contribution in [2.45, 2.75) is 6.42 Å². The van der Waals surface area contributed by atoms with E-state index in [9.17, 15) is 0 Å². The summed E-state index contributed by atoms with van der Waals surface area (Å²) in [6.45, 7) is 0. The van der Waals surface area contributed by atoms with Gasteiger partial charge in [0.15, 0.2) is 0 Å². The molecule has 0 radical (unpaired) electrons. The number of nitrogens with zero attached hydrogens (tertiary/aromatic N) is 1. The maximum absolute atomic E-state index is 8.64. The van der Waals surface area contributed by atoms with Crippen molar-refractivity contribution >= 4 is 34.5 Å². The highest BCUT2D eigenvalue weighted by Crippen LogP contribution is 2.25. The SMILES string of the molecule is N#CC(CCl)Cc1sccc1Cl. The molecule has 0 aromatic carbocycles. The largest absolute Gasteiger partial charge is 0.198 e. The van der Waals surface area contributed by atoms with Crippen LogP contribution in [0, 0.1) is 17.2 Å². The molecule has 0 amide bonds. The first-order valence-corrected chi connectivity index (χ1v) is 5.24. The summed E-state index contributed by atoms with van der Waals surface area (Å²) in [4.78, 5) is 1.05. The topological polar surface area (TPSA) is 23.8 Å². The van der Waals surface area contributed by atoms with Crippen LogP contribution >= 0.6 is 34.5 Å². The van der Waals surface area contributed by atoms with E-state index in [4.69, 9.17) is 28.5 Å². The molecule has 1 rings (SSSR count). The number of rotatable bonds is 3. The van der Waals surface area contributed by atoms with Gasteiger partial charge in [-0.1, -0.05) is 11.6 Å². The Morgan fingerprint density at radius 1 is 1.67 bits per heavy atom. The van der Waals surface area contributed by atoms with Crippen molar-refractivity contribution < 1.29 is 0 Å². The Kier molecular flexibility index (Phi) is 3.87. The van der Waals surface area contributed by atoms with Gasteiger partial charge in [0.1, 0.15) is 0 Å². The zero-order valence-electron chi connectivity index (χ0n) is 6.26. The third kappa shape index (κ3) is 2.38. The monoisotopic (exact) mass is 219 g/mol. The summed E-state index contributed by atoms with van der Waals surface area (Å²) in [5.41, 5.74) is 0. The van der Waals surface area contributed by atoms with Crippen LogP contribution in [-0.4, -0.2) is 5.88 Å². The molecule has 4 heteroatoms. The van der Waals surface area contributed by atoms with Crippen LogP contribution in [0.3, 0.4) is 0 Å². The molecule has 1 atom stereocenters. The Morgan fingerprint density at radius 2 is 2.42 bits per heavy atom. The summed E-state index contributed by atoms with van der Waals surface area (Å²) in [5.74, 6) is 0.243. The van der Waals surface area contributed by atoms with E-state index in [1.807, 2.05) is 11.4 Å². The minimum absolute atomic E-state index is 0.122. The molecule has 0 saturated carbocycles. The van der Waals surface area contributed by atoms with Crippen LogP contribution in [-0.2, 0) is 6.42 Å². The average molecular weight is 220 g/mol. The molecule has 1 aromatic heterocycles. The molecule has 0 aliphatic carbocycles. The molecule has 0 fully saturated rings. The van der Waals surface area contributed by atoms with E-state index in [1.54, 1.807) is 11.3 Å². The lowest BCUT2D eigenvalue weighted by molar-refractivity contribution is 0.756. The zero-order chi connectivity index (χ0) is 8.97. The number of nitriles is 1. The molecule has 0 aliphatic rings. The van der Waals surface area contributed by atoms with E-state index >= 15 is 0 Å². The predicted octanol–water partition coefficient (Wildman–Crippen LogP) is 3.32. The second kappa shape index (κ2) is 4.71. The molecule has 1 nitrogen and oxygen atoms in total. The Labute approximate surface area is 85.5 Å². The van der Waals surface area contributed by atoms with Gasteiger partial charge in [-0.05, 0) is 11.4 Å². The summed E-state index contributed by atoms with van der Waals surface area (Å²) >= 11 is 13.0. The van der Waals surface area contributed by atoms with Gasteiger partial charge in [0.25, 0.3) is 0 Å². The first kappa shape index (κ1) is 9.85. The Bertz CT molecular complexity index is 289. The van der Waals surface area contributed by atoms with Crippen LogP contribution in [0.5, 0.6) is 0 Å². The van der Waals surface area contributed by atoms with Crippen LogP contribution < -0.4 is 0 Å². The standard InChI is InChI=1S/C8H7Cl2NS/c9-4-6(5-11)3-8-7(10)1-2-12-8/h1-2,6H,3-4H2. The molecule has 0 spiro atoms. The molecule has 1 heterocycles. The lowest BCUT2D eigenvalue weighted by Gasteiger charge is -2.01. The molecular weight excluding hydrogens is 213 g/mol. The van der Waals surface area contributed by atoms with Gasteiger partial charge in [0.2, 0.25) is 0 Å². The van der Waals surface area contributed by atoms with Crippen molar-refractivity contribution in [2.24, 2.45) is 5.92 Å². The molecule has 12 heavy (non-hydrogen) atoms. The summed E-state index contributed by atoms with van der Waals surface area (Å²) in [6, 6.07) is 3.97. The summed E-state index contributed by atoms with van der Waals surface area (Å²) in [6.07, 6.45) is 0.663. The smallest absolute Gasteiger partial charge is 0.0672 e. The highest BCUT2D eigenvalue weighted by molar-refractivity contribution is 7.10. The zero-order valence-corrected chi connectivity index (χ0v) is 8.59. The Balaban J connectivity index is 2.64. The van der Waals surface area contributed by atoms with Crippen molar-refractivity contribution in [3.05, 3.63) is 21.3 Å². The van der Waals surface area contributed by atoms with Crippen molar-refractivity contribution in [1.29, 1.82) is 5.26 Å². The second-order valence-corrected chi connectivity index (χ2v) is 4.09. The van der Waals surface area contributed by atoms with E-state index in [0.717, 1.165) is 9.90 Å². The van der Waals surface area contributed by atoms with Gasteiger partial charge in [-0.25, -0.2) is 0 Å². The van der Waals surface area contributed by atoms with E-state index < -0.39 is 0 Å². The third-order valence-electron chi connectivity index (χ3n) is 1.49. The molecule has 0 N–H and O–H groups in total. The molecule has 0 aliphatic heterocycles. The number of hydrogen-bond acceptors (Lipinski definition) is 2. The maximum Gasteiger partial charge on any atom is 0.0672 e. The first-order valence-electron chi connectivity index (χ1n) is 3.45. The Morgan fingerprint density at radius 3 is 2.83 bits per heavy atom. The van der Waals surface area contributed by atoms with E-state index in [0.29, 0.717) is 12.3 Å². The van der Waals surface area contributed by atoms with Gasteiger partial charge < -0.3 is 0 Å². The lowest BCUT2D eigenvalue weighted by atomic mass is 10.1. The van der Waals surface area contributed by atoms with Gasteiger partial charge in [-0.3, -0.25) is 0 Å². The number of thiophene rings is 1. The quantitative estimate of drug-likeness (QED) is 0.716. The van der Waals surface area contributed by atoms with Gasteiger partial charge in [-0.2, -0.15) is 5.26 Å². The van der Waals surface area contributed by atoms with Crippen molar-refractivity contribution in [3.8, 4) is 6.07 Å². The van der Waals surface area contributed by atoms with Gasteiger partial charge in [0.05, 0.1) is 17.0 Å².